The number of aromatic nitrogens is 3. The summed E-state index contributed by atoms with van der Waals surface area (Å²) in [6.45, 7) is 4.30. The van der Waals surface area contributed by atoms with Crippen LogP contribution < -0.4 is 0 Å². The van der Waals surface area contributed by atoms with Gasteiger partial charge in [-0.2, -0.15) is 5.10 Å². The Bertz CT molecular complexity index is 528. The molecule has 17 heavy (non-hydrogen) atoms. The summed E-state index contributed by atoms with van der Waals surface area (Å²) in [6.07, 6.45) is 3.41. The van der Waals surface area contributed by atoms with Gasteiger partial charge in [0.05, 0.1) is 29.1 Å². The average molecular weight is 254 g/mol. The molecule has 0 aliphatic heterocycles. The molecule has 1 unspecified atom stereocenters. The first kappa shape index (κ1) is 12.2. The second-order valence-corrected chi connectivity index (χ2v) is 4.64. The Kier molecular flexibility index (Phi) is 3.26. The van der Waals surface area contributed by atoms with Gasteiger partial charge in [-0.15, -0.1) is 0 Å². The maximum absolute atomic E-state index is 9.46. The van der Waals surface area contributed by atoms with Crippen LogP contribution in [0, 0.1) is 6.92 Å². The van der Waals surface area contributed by atoms with E-state index >= 15 is 0 Å². The van der Waals surface area contributed by atoms with E-state index in [9.17, 15) is 5.11 Å². The Labute approximate surface area is 105 Å². The van der Waals surface area contributed by atoms with Crippen molar-refractivity contribution in [2.24, 2.45) is 7.05 Å². The number of aryl methyl sites for hydroxylation is 2. The van der Waals surface area contributed by atoms with E-state index in [1.54, 1.807) is 11.6 Å². The van der Waals surface area contributed by atoms with Gasteiger partial charge in [-0.05, 0) is 25.5 Å². The van der Waals surface area contributed by atoms with E-state index in [1.165, 1.54) is 0 Å². The van der Waals surface area contributed by atoms with Crippen molar-refractivity contribution < 1.29 is 5.11 Å². The average Bonchev–Trinajstić information content (AvgIpc) is 2.80. The molecule has 2 heterocycles. The lowest BCUT2D eigenvalue weighted by atomic mass is 10.2. The Morgan fingerprint density at radius 1 is 1.53 bits per heavy atom. The quantitative estimate of drug-likeness (QED) is 0.912. The van der Waals surface area contributed by atoms with E-state index in [0.29, 0.717) is 11.6 Å². The zero-order valence-corrected chi connectivity index (χ0v) is 10.9. The zero-order valence-electron chi connectivity index (χ0n) is 10.2. The molecular formula is C12H16ClN3O. The van der Waals surface area contributed by atoms with Crippen LogP contribution in [0.3, 0.4) is 0 Å². The Morgan fingerprint density at radius 2 is 2.24 bits per heavy atom. The van der Waals surface area contributed by atoms with Crippen LogP contribution in [-0.4, -0.2) is 19.5 Å². The van der Waals surface area contributed by atoms with Gasteiger partial charge in [-0.3, -0.25) is 4.68 Å². The number of hydrogen-bond acceptors (Lipinski definition) is 2. The fraction of sp³-hybridized carbons (Fsp3) is 0.417. The maximum Gasteiger partial charge on any atom is 0.0865 e. The highest BCUT2D eigenvalue weighted by atomic mass is 35.5. The molecule has 0 radical (unpaired) electrons. The Hall–Kier alpha value is -1.26. The summed E-state index contributed by atoms with van der Waals surface area (Å²) in [5, 5.41) is 14.4. The molecule has 0 amide bonds. The minimum atomic E-state index is -0.444. The molecule has 2 aromatic rings. The summed E-state index contributed by atoms with van der Waals surface area (Å²) in [7, 11) is 1.88. The SMILES string of the molecule is Cc1nn(C)c(Cn2ccc(C(C)O)c2)c1Cl. The van der Waals surface area contributed by atoms with E-state index in [2.05, 4.69) is 5.10 Å². The summed E-state index contributed by atoms with van der Waals surface area (Å²) >= 11 is 6.19. The molecule has 0 aliphatic rings. The molecule has 1 atom stereocenters. The van der Waals surface area contributed by atoms with Crippen molar-refractivity contribution in [1.82, 2.24) is 14.3 Å². The third-order valence-electron chi connectivity index (χ3n) is 2.85. The molecular weight excluding hydrogens is 238 g/mol. The van der Waals surface area contributed by atoms with Crippen molar-refractivity contribution >= 4 is 11.6 Å². The van der Waals surface area contributed by atoms with E-state index in [4.69, 9.17) is 11.6 Å². The molecule has 2 rings (SSSR count). The highest BCUT2D eigenvalue weighted by Crippen LogP contribution is 2.21. The number of hydrogen-bond donors (Lipinski definition) is 1. The monoisotopic (exact) mass is 253 g/mol. The van der Waals surface area contributed by atoms with Crippen LogP contribution in [0.5, 0.6) is 0 Å². The van der Waals surface area contributed by atoms with E-state index in [1.807, 2.05) is 37.0 Å². The van der Waals surface area contributed by atoms with Crippen LogP contribution >= 0.6 is 11.6 Å². The van der Waals surface area contributed by atoms with Gasteiger partial charge in [0.25, 0.3) is 0 Å². The fourth-order valence-electron chi connectivity index (χ4n) is 1.83. The molecule has 5 heteroatoms. The molecule has 0 saturated heterocycles. The van der Waals surface area contributed by atoms with Gasteiger partial charge in [0, 0.05) is 19.4 Å². The molecule has 0 aliphatic carbocycles. The van der Waals surface area contributed by atoms with Crippen LogP contribution in [0.2, 0.25) is 5.02 Å². The highest BCUT2D eigenvalue weighted by molar-refractivity contribution is 6.31. The van der Waals surface area contributed by atoms with Gasteiger partial charge in [0.2, 0.25) is 0 Å². The van der Waals surface area contributed by atoms with Gasteiger partial charge >= 0.3 is 0 Å². The van der Waals surface area contributed by atoms with Crippen LogP contribution in [0.15, 0.2) is 18.5 Å². The first-order valence-corrected chi connectivity index (χ1v) is 5.88. The lowest BCUT2D eigenvalue weighted by Crippen LogP contribution is -2.04. The van der Waals surface area contributed by atoms with E-state index < -0.39 is 6.10 Å². The molecule has 0 aromatic carbocycles. The molecule has 1 N–H and O–H groups in total. The Balaban J connectivity index is 2.25. The lowest BCUT2D eigenvalue weighted by Gasteiger charge is -2.05. The first-order chi connectivity index (χ1) is 7.99. The van der Waals surface area contributed by atoms with Gasteiger partial charge in [-0.1, -0.05) is 11.6 Å². The molecule has 0 saturated carbocycles. The van der Waals surface area contributed by atoms with Gasteiger partial charge < -0.3 is 9.67 Å². The van der Waals surface area contributed by atoms with Gasteiger partial charge in [0.1, 0.15) is 0 Å². The fourth-order valence-corrected chi connectivity index (χ4v) is 2.05. The minimum Gasteiger partial charge on any atom is -0.389 e. The van der Waals surface area contributed by atoms with Crippen molar-refractivity contribution in [3.63, 3.8) is 0 Å². The van der Waals surface area contributed by atoms with Crippen LogP contribution in [0.25, 0.3) is 0 Å². The molecule has 0 fully saturated rings. The Morgan fingerprint density at radius 3 is 2.71 bits per heavy atom. The van der Waals surface area contributed by atoms with Gasteiger partial charge in [-0.25, -0.2) is 0 Å². The molecule has 92 valence electrons. The first-order valence-electron chi connectivity index (χ1n) is 5.50. The van der Waals surface area contributed by atoms with Crippen molar-refractivity contribution in [3.05, 3.63) is 40.4 Å². The smallest absolute Gasteiger partial charge is 0.0865 e. The summed E-state index contributed by atoms with van der Waals surface area (Å²) in [6, 6.07) is 1.90. The number of aliphatic hydroxyl groups is 1. The number of aliphatic hydroxyl groups excluding tert-OH is 1. The van der Waals surface area contributed by atoms with Crippen LogP contribution in [-0.2, 0) is 13.6 Å². The lowest BCUT2D eigenvalue weighted by molar-refractivity contribution is 0.199. The topological polar surface area (TPSA) is 43.0 Å². The summed E-state index contributed by atoms with van der Waals surface area (Å²) in [5.41, 5.74) is 2.71. The van der Waals surface area contributed by atoms with Gasteiger partial charge in [0.15, 0.2) is 0 Å². The number of nitrogens with zero attached hydrogens (tertiary/aromatic N) is 3. The second-order valence-electron chi connectivity index (χ2n) is 4.26. The summed E-state index contributed by atoms with van der Waals surface area (Å²) < 4.78 is 3.78. The second kappa shape index (κ2) is 4.55. The van der Waals surface area contributed by atoms with Crippen LogP contribution in [0.1, 0.15) is 30.0 Å². The summed E-state index contributed by atoms with van der Waals surface area (Å²) in [4.78, 5) is 0. The zero-order chi connectivity index (χ0) is 12.6. The molecule has 4 nitrogen and oxygen atoms in total. The summed E-state index contributed by atoms with van der Waals surface area (Å²) in [5.74, 6) is 0. The van der Waals surface area contributed by atoms with Crippen molar-refractivity contribution in [1.29, 1.82) is 0 Å². The molecule has 2 aromatic heterocycles. The normalized spacial score (nSPS) is 13.0. The predicted octanol–water partition coefficient (Wildman–Crippen LogP) is 2.29. The predicted molar refractivity (Wildman–Crippen MR) is 67.1 cm³/mol. The molecule has 0 spiro atoms. The number of rotatable bonds is 3. The van der Waals surface area contributed by atoms with E-state index in [0.717, 1.165) is 17.0 Å². The minimum absolute atomic E-state index is 0.444. The van der Waals surface area contributed by atoms with Crippen molar-refractivity contribution in [2.45, 2.75) is 26.5 Å². The number of halogens is 1. The maximum atomic E-state index is 9.46. The van der Waals surface area contributed by atoms with Crippen molar-refractivity contribution in [3.8, 4) is 0 Å². The van der Waals surface area contributed by atoms with Crippen LogP contribution in [0.4, 0.5) is 0 Å². The van der Waals surface area contributed by atoms with Crippen molar-refractivity contribution in [2.75, 3.05) is 0 Å². The third kappa shape index (κ3) is 2.37. The largest absolute Gasteiger partial charge is 0.389 e. The third-order valence-corrected chi connectivity index (χ3v) is 3.34. The molecule has 0 bridgehead atoms. The standard InChI is InChI=1S/C12H16ClN3O/c1-8-12(13)11(15(3)14-8)7-16-5-4-10(6-16)9(2)17/h4-6,9,17H,7H2,1-3H3. The highest BCUT2D eigenvalue weighted by Gasteiger charge is 2.12. The van der Waals surface area contributed by atoms with E-state index in [-0.39, 0.29) is 0 Å².